The van der Waals surface area contributed by atoms with Crippen molar-refractivity contribution in [1.82, 2.24) is 0 Å². The van der Waals surface area contributed by atoms with E-state index in [-0.39, 0.29) is 22.2 Å². The summed E-state index contributed by atoms with van der Waals surface area (Å²) in [6.07, 6.45) is 2.56. The Labute approximate surface area is 131 Å². The van der Waals surface area contributed by atoms with Crippen molar-refractivity contribution < 1.29 is 19.8 Å². The quantitative estimate of drug-likeness (QED) is 0.734. The first-order chi connectivity index (χ1) is 9.84. The lowest BCUT2D eigenvalue weighted by Gasteiger charge is -2.22. The van der Waals surface area contributed by atoms with Gasteiger partial charge in [-0.25, -0.2) is 0 Å². The lowest BCUT2D eigenvalue weighted by atomic mass is 9.82. The molecule has 1 aliphatic carbocycles. The van der Waals surface area contributed by atoms with Gasteiger partial charge in [-0.3, -0.25) is 9.59 Å². The van der Waals surface area contributed by atoms with Crippen molar-refractivity contribution >= 4 is 40.8 Å². The molecular weight excluding hydrogens is 317 g/mol. The van der Waals surface area contributed by atoms with Gasteiger partial charge in [0.2, 0.25) is 5.91 Å². The smallest absolute Gasteiger partial charge is 0.310 e. The summed E-state index contributed by atoms with van der Waals surface area (Å²) in [5.74, 6) is -1.59. The number of benzene rings is 1. The molecule has 0 atom stereocenters. The van der Waals surface area contributed by atoms with E-state index in [1.807, 2.05) is 0 Å². The Morgan fingerprint density at radius 3 is 2.19 bits per heavy atom. The van der Waals surface area contributed by atoms with E-state index in [0.717, 1.165) is 12.8 Å². The predicted molar refractivity (Wildman–Crippen MR) is 79.9 cm³/mol. The first-order valence-corrected chi connectivity index (χ1v) is 7.31. The highest BCUT2D eigenvalue weighted by molar-refractivity contribution is 6.37. The van der Waals surface area contributed by atoms with Crippen LogP contribution >= 0.6 is 23.2 Å². The molecule has 0 heterocycles. The summed E-state index contributed by atoms with van der Waals surface area (Å²) in [4.78, 5) is 23.5. The Bertz CT molecular complexity index is 559. The van der Waals surface area contributed by atoms with Gasteiger partial charge >= 0.3 is 5.97 Å². The summed E-state index contributed by atoms with van der Waals surface area (Å²) in [5.41, 5.74) is -0.652. The molecule has 1 amide bonds. The number of amides is 1. The van der Waals surface area contributed by atoms with Gasteiger partial charge < -0.3 is 15.5 Å². The summed E-state index contributed by atoms with van der Waals surface area (Å²) >= 11 is 11.5. The zero-order valence-corrected chi connectivity index (χ0v) is 12.7. The molecule has 1 aliphatic rings. The first-order valence-electron chi connectivity index (χ1n) is 6.55. The topological polar surface area (TPSA) is 86.6 Å². The molecule has 1 saturated carbocycles. The number of phenols is 1. The highest BCUT2D eigenvalue weighted by atomic mass is 35.5. The third kappa shape index (κ3) is 3.41. The van der Waals surface area contributed by atoms with Gasteiger partial charge in [0.15, 0.2) is 5.75 Å². The first kappa shape index (κ1) is 15.9. The molecule has 3 N–H and O–H groups in total. The number of carbonyl (C=O) groups is 2. The third-order valence-electron chi connectivity index (χ3n) is 3.81. The monoisotopic (exact) mass is 331 g/mol. The number of halogens is 2. The number of carbonyl (C=O) groups excluding carboxylic acids is 1. The molecule has 0 aromatic heterocycles. The Hall–Kier alpha value is -1.46. The van der Waals surface area contributed by atoms with E-state index in [0.29, 0.717) is 18.5 Å². The van der Waals surface area contributed by atoms with Crippen LogP contribution in [0.3, 0.4) is 0 Å². The van der Waals surface area contributed by atoms with Crippen LogP contribution in [0.5, 0.6) is 5.75 Å². The highest BCUT2D eigenvalue weighted by Crippen LogP contribution is 2.42. The van der Waals surface area contributed by atoms with Gasteiger partial charge in [0.1, 0.15) is 0 Å². The summed E-state index contributed by atoms with van der Waals surface area (Å²) in [5, 5.41) is 21.4. The lowest BCUT2D eigenvalue weighted by molar-refractivity contribution is -0.150. The van der Waals surface area contributed by atoms with Crippen molar-refractivity contribution in [3.63, 3.8) is 0 Å². The fourth-order valence-corrected chi connectivity index (χ4v) is 3.16. The number of rotatable bonds is 4. The number of aliphatic carboxylic acids is 1. The molecule has 0 spiro atoms. The zero-order chi connectivity index (χ0) is 15.6. The predicted octanol–water partition coefficient (Wildman–Crippen LogP) is 3.67. The number of nitrogens with one attached hydrogen (secondary N) is 1. The highest BCUT2D eigenvalue weighted by Gasteiger charge is 2.42. The van der Waals surface area contributed by atoms with Crippen molar-refractivity contribution in [3.8, 4) is 5.75 Å². The summed E-state index contributed by atoms with van der Waals surface area (Å²) in [7, 11) is 0. The minimum Gasteiger partial charge on any atom is -0.505 e. The number of hydrogen-bond acceptors (Lipinski definition) is 3. The maximum atomic E-state index is 12.1. The van der Waals surface area contributed by atoms with Crippen LogP contribution in [0.1, 0.15) is 32.1 Å². The second kappa shape index (κ2) is 6.12. The van der Waals surface area contributed by atoms with E-state index >= 15 is 0 Å². The molecule has 1 aromatic rings. The Morgan fingerprint density at radius 1 is 1.19 bits per heavy atom. The average molecular weight is 332 g/mol. The molecule has 0 bridgehead atoms. The van der Waals surface area contributed by atoms with Gasteiger partial charge in [0.25, 0.3) is 0 Å². The zero-order valence-electron chi connectivity index (χ0n) is 11.2. The van der Waals surface area contributed by atoms with Gasteiger partial charge in [-0.1, -0.05) is 36.0 Å². The average Bonchev–Trinajstić information content (AvgIpc) is 2.85. The summed E-state index contributed by atoms with van der Waals surface area (Å²) in [6.45, 7) is 0. The standard InChI is InChI=1S/C14H15Cl2NO4/c15-9-5-8(6-10(16)12(9)19)17-11(18)7-14(13(20)21)3-1-2-4-14/h5-6,19H,1-4,7H2,(H,17,18)(H,20,21). The number of anilines is 1. The number of carboxylic acid groups (broad SMARTS) is 1. The van der Waals surface area contributed by atoms with Crippen LogP contribution in [-0.4, -0.2) is 22.1 Å². The van der Waals surface area contributed by atoms with Crippen molar-refractivity contribution in [2.45, 2.75) is 32.1 Å². The fraction of sp³-hybridized carbons (Fsp3) is 0.429. The second-order valence-corrected chi connectivity index (χ2v) is 6.12. The van der Waals surface area contributed by atoms with Crippen LogP contribution < -0.4 is 5.32 Å². The van der Waals surface area contributed by atoms with Crippen LogP contribution in [-0.2, 0) is 9.59 Å². The normalized spacial score (nSPS) is 16.7. The van der Waals surface area contributed by atoms with E-state index in [1.165, 1.54) is 12.1 Å². The number of carboxylic acids is 1. The second-order valence-electron chi connectivity index (χ2n) is 5.31. The molecule has 5 nitrogen and oxygen atoms in total. The van der Waals surface area contributed by atoms with E-state index in [2.05, 4.69) is 5.32 Å². The maximum absolute atomic E-state index is 12.1. The van der Waals surface area contributed by atoms with Crippen LogP contribution in [0.25, 0.3) is 0 Å². The number of aromatic hydroxyl groups is 1. The van der Waals surface area contributed by atoms with Gasteiger partial charge in [-0.2, -0.15) is 0 Å². The Balaban J connectivity index is 2.10. The molecule has 0 unspecified atom stereocenters. The maximum Gasteiger partial charge on any atom is 0.310 e. The minimum absolute atomic E-state index is 0.0200. The van der Waals surface area contributed by atoms with Crippen LogP contribution in [0.2, 0.25) is 10.0 Å². The third-order valence-corrected chi connectivity index (χ3v) is 4.39. The molecule has 0 radical (unpaired) electrons. The van der Waals surface area contributed by atoms with Crippen molar-refractivity contribution in [1.29, 1.82) is 0 Å². The lowest BCUT2D eigenvalue weighted by Crippen LogP contribution is -2.32. The molecule has 114 valence electrons. The summed E-state index contributed by atoms with van der Waals surface area (Å²) < 4.78 is 0. The van der Waals surface area contributed by atoms with E-state index in [4.69, 9.17) is 23.2 Å². The number of phenolic OH excluding ortho intramolecular Hbond substituents is 1. The molecule has 0 saturated heterocycles. The Kier molecular flexibility index (Phi) is 4.64. The fourth-order valence-electron chi connectivity index (χ4n) is 2.67. The van der Waals surface area contributed by atoms with E-state index in [1.54, 1.807) is 0 Å². The SMILES string of the molecule is O=C(CC1(C(=O)O)CCCC1)Nc1cc(Cl)c(O)c(Cl)c1. The van der Waals surface area contributed by atoms with Crippen molar-refractivity contribution in [2.75, 3.05) is 5.32 Å². The summed E-state index contributed by atoms with van der Waals surface area (Å²) in [6, 6.07) is 2.73. The Morgan fingerprint density at radius 2 is 1.71 bits per heavy atom. The van der Waals surface area contributed by atoms with Crippen LogP contribution in [0, 0.1) is 5.41 Å². The van der Waals surface area contributed by atoms with Gasteiger partial charge in [0, 0.05) is 12.1 Å². The molecule has 7 heteroatoms. The minimum atomic E-state index is -0.978. The van der Waals surface area contributed by atoms with Gasteiger partial charge in [-0.15, -0.1) is 0 Å². The van der Waals surface area contributed by atoms with Crippen LogP contribution in [0.15, 0.2) is 12.1 Å². The largest absolute Gasteiger partial charge is 0.505 e. The van der Waals surface area contributed by atoms with E-state index in [9.17, 15) is 19.8 Å². The van der Waals surface area contributed by atoms with Gasteiger partial charge in [0.05, 0.1) is 15.5 Å². The molecule has 2 rings (SSSR count). The molecule has 1 fully saturated rings. The van der Waals surface area contributed by atoms with E-state index < -0.39 is 17.3 Å². The molecule has 1 aromatic carbocycles. The molecular formula is C14H15Cl2NO4. The molecule has 0 aliphatic heterocycles. The van der Waals surface area contributed by atoms with Crippen molar-refractivity contribution in [2.24, 2.45) is 5.41 Å². The van der Waals surface area contributed by atoms with Crippen LogP contribution in [0.4, 0.5) is 5.69 Å². The van der Waals surface area contributed by atoms with Gasteiger partial charge in [-0.05, 0) is 25.0 Å². The number of hydrogen-bond donors (Lipinski definition) is 3. The van der Waals surface area contributed by atoms with Crippen molar-refractivity contribution in [3.05, 3.63) is 22.2 Å². The molecule has 21 heavy (non-hydrogen) atoms.